The van der Waals surface area contributed by atoms with Gasteiger partial charge in [-0.1, -0.05) is 43.7 Å². The van der Waals surface area contributed by atoms with Gasteiger partial charge in [0.1, 0.15) is 24.2 Å². The second-order valence-electron chi connectivity index (χ2n) is 9.32. The van der Waals surface area contributed by atoms with Gasteiger partial charge in [0, 0.05) is 18.3 Å². The Morgan fingerprint density at radius 2 is 1.71 bits per heavy atom. The fourth-order valence-electron chi connectivity index (χ4n) is 5.00. The molecule has 7 heteroatoms. The highest BCUT2D eigenvalue weighted by molar-refractivity contribution is 6.02. The molecule has 4 aromatic rings. The molecule has 1 aliphatic rings. The van der Waals surface area contributed by atoms with E-state index in [2.05, 4.69) is 11.5 Å². The van der Waals surface area contributed by atoms with Crippen LogP contribution < -0.4 is 9.64 Å². The summed E-state index contributed by atoms with van der Waals surface area (Å²) in [7, 11) is 1.56. The summed E-state index contributed by atoms with van der Waals surface area (Å²) < 4.78 is 21.2. The number of rotatable bonds is 8. The van der Waals surface area contributed by atoms with Gasteiger partial charge in [-0.25, -0.2) is 4.39 Å². The highest BCUT2D eigenvalue weighted by Crippen LogP contribution is 2.42. The molecule has 0 spiro atoms. The van der Waals surface area contributed by atoms with E-state index in [-0.39, 0.29) is 24.2 Å². The number of methoxy groups -OCH3 is 1. The van der Waals surface area contributed by atoms with Gasteiger partial charge >= 0.3 is 0 Å². The third kappa shape index (κ3) is 4.79. The number of para-hydroxylation sites is 2. The van der Waals surface area contributed by atoms with E-state index < -0.39 is 6.04 Å². The number of fused-ring (bicyclic) bond motifs is 3. The first-order chi connectivity index (χ1) is 18.5. The smallest absolute Gasteiger partial charge is 0.254 e. The van der Waals surface area contributed by atoms with E-state index in [0.29, 0.717) is 17.9 Å². The number of nitrogens with zero attached hydrogens (tertiary/aromatic N) is 3. The summed E-state index contributed by atoms with van der Waals surface area (Å²) in [6.07, 6.45) is 3.62. The Bertz CT molecular complexity index is 1450. The van der Waals surface area contributed by atoms with Crippen LogP contribution in [0.3, 0.4) is 0 Å². The third-order valence-electron chi connectivity index (χ3n) is 6.89. The molecule has 0 aliphatic carbocycles. The molecule has 3 aromatic carbocycles. The minimum atomic E-state index is -0.479. The zero-order valence-corrected chi connectivity index (χ0v) is 21.5. The number of halogens is 1. The van der Waals surface area contributed by atoms with Crippen LogP contribution in [-0.2, 0) is 4.79 Å². The van der Waals surface area contributed by atoms with Crippen molar-refractivity contribution in [3.63, 3.8) is 0 Å². The summed E-state index contributed by atoms with van der Waals surface area (Å²) >= 11 is 0. The Hall–Kier alpha value is -4.39. The van der Waals surface area contributed by atoms with E-state index in [0.717, 1.165) is 35.5 Å². The van der Waals surface area contributed by atoms with Crippen LogP contribution in [0, 0.1) is 5.82 Å². The summed E-state index contributed by atoms with van der Waals surface area (Å²) in [6, 6.07) is 24.4. The number of hydrogen-bond acceptors (Lipinski definition) is 3. The van der Waals surface area contributed by atoms with Crippen molar-refractivity contribution in [3.05, 3.63) is 114 Å². The summed E-state index contributed by atoms with van der Waals surface area (Å²) in [5.74, 6) is -0.197. The fourth-order valence-corrected chi connectivity index (χ4v) is 5.00. The fraction of sp³-hybridized carbons (Fsp3) is 0.226. The molecule has 194 valence electrons. The van der Waals surface area contributed by atoms with Gasteiger partial charge in [0.2, 0.25) is 5.91 Å². The molecule has 1 atom stereocenters. The lowest BCUT2D eigenvalue weighted by Crippen LogP contribution is -2.47. The molecular formula is C31H30FN3O3. The molecule has 0 fully saturated rings. The highest BCUT2D eigenvalue weighted by Gasteiger charge is 2.37. The van der Waals surface area contributed by atoms with Gasteiger partial charge in [-0.15, -0.1) is 0 Å². The summed E-state index contributed by atoms with van der Waals surface area (Å²) in [5.41, 5.74) is 3.76. The number of unbranched alkanes of at least 4 members (excludes halogenated alkanes) is 1. The number of ether oxygens (including phenoxy) is 1. The summed E-state index contributed by atoms with van der Waals surface area (Å²) in [5, 5.41) is 0. The largest absolute Gasteiger partial charge is 0.497 e. The molecule has 6 nitrogen and oxygen atoms in total. The van der Waals surface area contributed by atoms with Gasteiger partial charge < -0.3 is 14.2 Å². The summed E-state index contributed by atoms with van der Waals surface area (Å²) in [6.45, 7) is 2.41. The van der Waals surface area contributed by atoms with E-state index in [1.165, 1.54) is 12.1 Å². The lowest BCUT2D eigenvalue weighted by molar-refractivity contribution is -0.119. The van der Waals surface area contributed by atoms with Crippen molar-refractivity contribution in [2.75, 3.05) is 25.1 Å². The summed E-state index contributed by atoms with van der Waals surface area (Å²) in [4.78, 5) is 31.1. The van der Waals surface area contributed by atoms with Crippen LogP contribution in [-0.4, -0.2) is 41.5 Å². The molecule has 38 heavy (non-hydrogen) atoms. The molecule has 0 bridgehead atoms. The maximum Gasteiger partial charge on any atom is 0.254 e. The molecule has 2 heterocycles. The van der Waals surface area contributed by atoms with Crippen molar-refractivity contribution >= 4 is 17.5 Å². The van der Waals surface area contributed by atoms with Crippen LogP contribution in [0.1, 0.15) is 47.4 Å². The van der Waals surface area contributed by atoms with Crippen molar-refractivity contribution < 1.29 is 18.7 Å². The number of aromatic nitrogens is 1. The Balaban J connectivity index is 1.54. The van der Waals surface area contributed by atoms with Gasteiger partial charge in [0.25, 0.3) is 5.91 Å². The monoisotopic (exact) mass is 511 g/mol. The van der Waals surface area contributed by atoms with E-state index in [4.69, 9.17) is 4.74 Å². The Morgan fingerprint density at radius 3 is 2.45 bits per heavy atom. The Morgan fingerprint density at radius 1 is 0.947 bits per heavy atom. The van der Waals surface area contributed by atoms with Crippen LogP contribution in [0.4, 0.5) is 10.1 Å². The molecule has 0 saturated heterocycles. The zero-order chi connectivity index (χ0) is 26.6. The van der Waals surface area contributed by atoms with Crippen LogP contribution in [0.5, 0.6) is 5.75 Å². The van der Waals surface area contributed by atoms with Crippen LogP contribution >= 0.6 is 0 Å². The molecule has 2 amide bonds. The lowest BCUT2D eigenvalue weighted by Gasteiger charge is -2.39. The van der Waals surface area contributed by atoms with Crippen LogP contribution in [0.25, 0.3) is 5.69 Å². The second kappa shape index (κ2) is 10.9. The lowest BCUT2D eigenvalue weighted by atomic mass is 9.97. The van der Waals surface area contributed by atoms with Crippen molar-refractivity contribution in [2.45, 2.75) is 25.8 Å². The second-order valence-corrected chi connectivity index (χ2v) is 9.32. The van der Waals surface area contributed by atoms with E-state index >= 15 is 0 Å². The first-order valence-corrected chi connectivity index (χ1v) is 12.8. The number of hydrogen-bond donors (Lipinski definition) is 0. The number of benzene rings is 3. The minimum absolute atomic E-state index is 0.0945. The molecule has 1 aromatic heterocycles. The first kappa shape index (κ1) is 25.3. The highest BCUT2D eigenvalue weighted by atomic mass is 19.1. The standard InChI is InChI=1S/C31H30FN3O3/c1-3-4-18-33(31(37)23-9-7-10-25(20-23)38-2)21-29(36)35-27-12-6-5-11-26(27)34-19-8-13-28(34)30(35)22-14-16-24(32)17-15-22/h5-17,19-20,30H,3-4,18,21H2,1-2H3. The molecule has 0 N–H and O–H groups in total. The van der Waals surface area contributed by atoms with Crippen LogP contribution in [0.15, 0.2) is 91.1 Å². The molecule has 0 radical (unpaired) electrons. The van der Waals surface area contributed by atoms with Gasteiger partial charge in [0.05, 0.1) is 24.2 Å². The minimum Gasteiger partial charge on any atom is -0.497 e. The predicted octanol–water partition coefficient (Wildman–Crippen LogP) is 6.00. The average Bonchev–Trinajstić information content (AvgIpc) is 3.45. The van der Waals surface area contributed by atoms with Gasteiger partial charge in [-0.2, -0.15) is 0 Å². The number of carbonyl (C=O) groups is 2. The third-order valence-corrected chi connectivity index (χ3v) is 6.89. The predicted molar refractivity (Wildman–Crippen MR) is 145 cm³/mol. The molecule has 1 aliphatic heterocycles. The van der Waals surface area contributed by atoms with Gasteiger partial charge in [0.15, 0.2) is 0 Å². The Kier molecular flexibility index (Phi) is 7.26. The maximum atomic E-state index is 14.2. The molecule has 0 saturated carbocycles. The Labute approximate surface area is 221 Å². The van der Waals surface area contributed by atoms with Crippen molar-refractivity contribution in [1.82, 2.24) is 9.47 Å². The van der Waals surface area contributed by atoms with Gasteiger partial charge in [-0.05, 0) is 66.6 Å². The van der Waals surface area contributed by atoms with E-state index in [1.807, 2.05) is 42.6 Å². The molecule has 5 rings (SSSR count). The van der Waals surface area contributed by atoms with Gasteiger partial charge in [-0.3, -0.25) is 14.5 Å². The molecular weight excluding hydrogens is 481 g/mol. The average molecular weight is 512 g/mol. The quantitative estimate of drug-likeness (QED) is 0.291. The van der Waals surface area contributed by atoms with E-state index in [9.17, 15) is 14.0 Å². The zero-order valence-electron chi connectivity index (χ0n) is 21.5. The van der Waals surface area contributed by atoms with Crippen LogP contribution in [0.2, 0.25) is 0 Å². The SMILES string of the molecule is CCCCN(CC(=O)N1c2ccccc2-n2cccc2C1c1ccc(F)cc1)C(=O)c1cccc(OC)c1. The van der Waals surface area contributed by atoms with Crippen molar-refractivity contribution in [2.24, 2.45) is 0 Å². The molecule has 1 unspecified atom stereocenters. The number of carbonyl (C=O) groups excluding carboxylic acids is 2. The van der Waals surface area contributed by atoms with E-state index in [1.54, 1.807) is 53.3 Å². The normalized spacial score (nSPS) is 14.0. The topological polar surface area (TPSA) is 54.8 Å². The number of anilines is 1. The maximum absolute atomic E-state index is 14.2. The van der Waals surface area contributed by atoms with Crippen molar-refractivity contribution in [1.29, 1.82) is 0 Å². The first-order valence-electron chi connectivity index (χ1n) is 12.8. The van der Waals surface area contributed by atoms with Crippen molar-refractivity contribution in [3.8, 4) is 11.4 Å². The number of amides is 2.